The minimum Gasteiger partial charge on any atom is -0.396 e. The molecule has 2 unspecified atom stereocenters. The van der Waals surface area contributed by atoms with E-state index < -0.39 is 29.1 Å². The standard InChI is InChI=1S/C26H44N4O6/c1-3-10-27-22(32)19-20-24(34)30(12-6-4-5-7-16-31)21(26(20)9-8-25(19,2)36-26)23(33)28-11-13-29-14-17-35-18-15-29/h19-21,31H,3-18H2,1-2H3,(H,27,32)(H,28,33)/t19-,20+,21?,25+,26?/m1/s1. The van der Waals surface area contributed by atoms with Gasteiger partial charge in [0.25, 0.3) is 0 Å². The molecule has 1 spiro atoms. The number of ether oxygens (including phenoxy) is 2. The predicted octanol–water partition coefficient (Wildman–Crippen LogP) is 0.278. The number of amides is 3. The molecule has 10 nitrogen and oxygen atoms in total. The van der Waals surface area contributed by atoms with Crippen molar-refractivity contribution in [3.05, 3.63) is 0 Å². The average molecular weight is 509 g/mol. The number of nitrogens with zero attached hydrogens (tertiary/aromatic N) is 2. The van der Waals surface area contributed by atoms with E-state index in [1.165, 1.54) is 0 Å². The number of nitrogens with one attached hydrogen (secondary N) is 2. The van der Waals surface area contributed by atoms with E-state index in [1.807, 2.05) is 13.8 Å². The van der Waals surface area contributed by atoms with Gasteiger partial charge in [0.2, 0.25) is 17.7 Å². The summed E-state index contributed by atoms with van der Waals surface area (Å²) in [5, 5.41) is 15.1. The van der Waals surface area contributed by atoms with Gasteiger partial charge < -0.3 is 30.1 Å². The van der Waals surface area contributed by atoms with Gasteiger partial charge in [-0.1, -0.05) is 19.8 Å². The number of aliphatic hydroxyl groups excluding tert-OH is 1. The lowest BCUT2D eigenvalue weighted by atomic mass is 9.66. The van der Waals surface area contributed by atoms with Crippen molar-refractivity contribution in [3.63, 3.8) is 0 Å². The van der Waals surface area contributed by atoms with Crippen molar-refractivity contribution < 1.29 is 29.0 Å². The quantitative estimate of drug-likeness (QED) is 0.306. The number of carbonyl (C=O) groups excluding carboxylic acids is 3. The molecule has 0 saturated carbocycles. The summed E-state index contributed by atoms with van der Waals surface area (Å²) in [4.78, 5) is 44.8. The molecule has 0 aromatic rings. The lowest BCUT2D eigenvalue weighted by molar-refractivity contribution is -0.146. The summed E-state index contributed by atoms with van der Waals surface area (Å²) in [5.74, 6) is -1.69. The fraction of sp³-hybridized carbons (Fsp3) is 0.885. The molecule has 4 aliphatic rings. The second-order valence-corrected chi connectivity index (χ2v) is 10.9. The van der Waals surface area contributed by atoms with Crippen molar-refractivity contribution in [2.75, 3.05) is 59.1 Å². The zero-order valence-electron chi connectivity index (χ0n) is 21.9. The summed E-state index contributed by atoms with van der Waals surface area (Å²) in [6.07, 6.45) is 5.28. The Labute approximate surface area is 214 Å². The molecule has 0 aliphatic carbocycles. The van der Waals surface area contributed by atoms with Crippen LogP contribution in [0.1, 0.15) is 58.8 Å². The van der Waals surface area contributed by atoms with Crippen molar-refractivity contribution in [1.82, 2.24) is 20.4 Å². The first-order valence-electron chi connectivity index (χ1n) is 13.8. The number of unbranched alkanes of at least 4 members (excludes halogenated alkanes) is 3. The molecule has 4 fully saturated rings. The first kappa shape index (κ1) is 27.3. The molecule has 3 N–H and O–H groups in total. The number of aliphatic hydroxyl groups is 1. The SMILES string of the molecule is CCCNC(=O)[C@H]1[C@H]2C(=O)N(CCCCCCO)C(C(=O)NCCN3CCOCC3)C23CC[C@]1(C)O3. The highest BCUT2D eigenvalue weighted by Gasteiger charge is 2.77. The fourth-order valence-electron chi connectivity index (χ4n) is 6.73. The van der Waals surface area contributed by atoms with Crippen molar-refractivity contribution >= 4 is 17.7 Å². The third-order valence-corrected chi connectivity index (χ3v) is 8.49. The van der Waals surface area contributed by atoms with Crippen molar-refractivity contribution in [2.45, 2.75) is 76.0 Å². The van der Waals surface area contributed by atoms with Crippen LogP contribution in [-0.2, 0) is 23.9 Å². The summed E-state index contributed by atoms with van der Waals surface area (Å²) < 4.78 is 12.0. The number of likely N-dealkylation sites (tertiary alicyclic amines) is 1. The first-order chi connectivity index (χ1) is 17.4. The molecule has 204 valence electrons. The number of rotatable bonds is 13. The highest BCUT2D eigenvalue weighted by atomic mass is 16.5. The largest absolute Gasteiger partial charge is 0.396 e. The zero-order valence-corrected chi connectivity index (χ0v) is 21.9. The third kappa shape index (κ3) is 5.14. The van der Waals surface area contributed by atoms with E-state index in [1.54, 1.807) is 4.90 Å². The third-order valence-electron chi connectivity index (χ3n) is 8.49. The Morgan fingerprint density at radius 3 is 2.47 bits per heavy atom. The Morgan fingerprint density at radius 2 is 1.75 bits per heavy atom. The summed E-state index contributed by atoms with van der Waals surface area (Å²) in [6.45, 7) is 9.41. The van der Waals surface area contributed by atoms with Gasteiger partial charge >= 0.3 is 0 Å². The Bertz CT molecular complexity index is 805. The first-order valence-corrected chi connectivity index (χ1v) is 13.8. The van der Waals surface area contributed by atoms with E-state index in [2.05, 4.69) is 15.5 Å². The Balaban J connectivity index is 1.51. The lowest BCUT2D eigenvalue weighted by Gasteiger charge is -2.34. The minimum atomic E-state index is -0.964. The van der Waals surface area contributed by atoms with Crippen LogP contribution < -0.4 is 10.6 Å². The van der Waals surface area contributed by atoms with Gasteiger partial charge in [0.15, 0.2) is 0 Å². The van der Waals surface area contributed by atoms with Gasteiger partial charge in [-0.2, -0.15) is 0 Å². The second-order valence-electron chi connectivity index (χ2n) is 10.9. The highest BCUT2D eigenvalue weighted by molar-refractivity contribution is 5.99. The molecule has 10 heteroatoms. The minimum absolute atomic E-state index is 0.134. The van der Waals surface area contributed by atoms with Gasteiger partial charge in [-0.05, 0) is 39.0 Å². The van der Waals surface area contributed by atoms with Crippen LogP contribution in [0.3, 0.4) is 0 Å². The van der Waals surface area contributed by atoms with Crippen LogP contribution in [-0.4, -0.2) is 109 Å². The van der Waals surface area contributed by atoms with Gasteiger partial charge in [0.1, 0.15) is 11.6 Å². The molecule has 4 aliphatic heterocycles. The maximum Gasteiger partial charge on any atom is 0.245 e. The van der Waals surface area contributed by atoms with Crippen molar-refractivity contribution in [3.8, 4) is 0 Å². The van der Waals surface area contributed by atoms with Gasteiger partial charge in [0, 0.05) is 45.9 Å². The van der Waals surface area contributed by atoms with E-state index in [4.69, 9.17) is 14.6 Å². The number of hydrogen-bond acceptors (Lipinski definition) is 7. The summed E-state index contributed by atoms with van der Waals surface area (Å²) in [6, 6.07) is -0.733. The Hall–Kier alpha value is -1.75. The van der Waals surface area contributed by atoms with Crippen LogP contribution in [0.5, 0.6) is 0 Å². The van der Waals surface area contributed by atoms with Crippen LogP contribution in [0.15, 0.2) is 0 Å². The van der Waals surface area contributed by atoms with Gasteiger partial charge in [-0.15, -0.1) is 0 Å². The molecule has 36 heavy (non-hydrogen) atoms. The summed E-state index contributed by atoms with van der Waals surface area (Å²) in [5.41, 5.74) is -1.70. The Morgan fingerprint density at radius 1 is 1.03 bits per heavy atom. The Kier molecular flexibility index (Phi) is 8.91. The second kappa shape index (κ2) is 11.8. The van der Waals surface area contributed by atoms with Gasteiger partial charge in [-0.25, -0.2) is 0 Å². The maximum atomic E-state index is 13.9. The zero-order chi connectivity index (χ0) is 25.8. The van der Waals surface area contributed by atoms with Gasteiger partial charge in [-0.3, -0.25) is 19.3 Å². The number of hydrogen-bond donors (Lipinski definition) is 3. The molecule has 0 aromatic carbocycles. The number of carbonyl (C=O) groups is 3. The highest BCUT2D eigenvalue weighted by Crippen LogP contribution is 2.63. The van der Waals surface area contributed by atoms with Crippen LogP contribution in [0, 0.1) is 11.8 Å². The molecule has 4 rings (SSSR count). The van der Waals surface area contributed by atoms with Crippen molar-refractivity contribution in [1.29, 1.82) is 0 Å². The molecule has 0 radical (unpaired) electrons. The normalized spacial score (nSPS) is 33.7. The van der Waals surface area contributed by atoms with Crippen molar-refractivity contribution in [2.24, 2.45) is 11.8 Å². The van der Waals surface area contributed by atoms with E-state index >= 15 is 0 Å². The number of fused-ring (bicyclic) bond motifs is 1. The van der Waals surface area contributed by atoms with Crippen LogP contribution in [0.4, 0.5) is 0 Å². The van der Waals surface area contributed by atoms with Gasteiger partial charge in [0.05, 0.1) is 30.7 Å². The molecular weight excluding hydrogens is 464 g/mol. The van der Waals surface area contributed by atoms with Crippen LogP contribution in [0.25, 0.3) is 0 Å². The molecule has 3 amide bonds. The number of morpholine rings is 1. The molecule has 4 saturated heterocycles. The van der Waals surface area contributed by atoms with Crippen LogP contribution >= 0.6 is 0 Å². The average Bonchev–Trinajstić information content (AvgIpc) is 3.44. The summed E-state index contributed by atoms with van der Waals surface area (Å²) in [7, 11) is 0. The molecule has 4 heterocycles. The predicted molar refractivity (Wildman–Crippen MR) is 133 cm³/mol. The molecule has 0 aromatic heterocycles. The molecule has 2 bridgehead atoms. The summed E-state index contributed by atoms with van der Waals surface area (Å²) >= 11 is 0. The molecule has 5 atom stereocenters. The van der Waals surface area contributed by atoms with E-state index in [-0.39, 0.29) is 24.3 Å². The van der Waals surface area contributed by atoms with E-state index in [0.717, 1.165) is 51.7 Å². The maximum absolute atomic E-state index is 13.9. The van der Waals surface area contributed by atoms with E-state index in [0.29, 0.717) is 45.7 Å². The van der Waals surface area contributed by atoms with E-state index in [9.17, 15) is 14.4 Å². The lowest BCUT2D eigenvalue weighted by Crippen LogP contribution is -2.56. The van der Waals surface area contributed by atoms with Crippen LogP contribution in [0.2, 0.25) is 0 Å². The molecular formula is C26H44N4O6. The smallest absolute Gasteiger partial charge is 0.245 e. The monoisotopic (exact) mass is 508 g/mol. The topological polar surface area (TPSA) is 120 Å². The fourth-order valence-corrected chi connectivity index (χ4v) is 6.73.